The Labute approximate surface area is 123 Å². The summed E-state index contributed by atoms with van der Waals surface area (Å²) in [6.45, 7) is 1.36. The van der Waals surface area contributed by atoms with Crippen molar-refractivity contribution < 1.29 is 9.59 Å². The summed E-state index contributed by atoms with van der Waals surface area (Å²) in [5.41, 5.74) is 1.49. The molecule has 2 aromatic carbocycles. The second-order valence-corrected chi connectivity index (χ2v) is 4.69. The van der Waals surface area contributed by atoms with Gasteiger partial charge in [-0.2, -0.15) is 10.2 Å². The van der Waals surface area contributed by atoms with Gasteiger partial charge >= 0.3 is 0 Å². The molecule has 0 spiro atoms. The summed E-state index contributed by atoms with van der Waals surface area (Å²) >= 11 is 0. The van der Waals surface area contributed by atoms with Crippen LogP contribution in [0.4, 0.5) is 5.69 Å². The molecule has 106 valence electrons. The van der Waals surface area contributed by atoms with Crippen LogP contribution in [-0.4, -0.2) is 17.6 Å². The van der Waals surface area contributed by atoms with Gasteiger partial charge in [-0.3, -0.25) is 9.59 Å². The van der Waals surface area contributed by atoms with Crippen LogP contribution in [0.15, 0.2) is 70.9 Å². The van der Waals surface area contributed by atoms with Crippen LogP contribution < -0.4 is 0 Å². The molecule has 0 aliphatic carbocycles. The summed E-state index contributed by atoms with van der Waals surface area (Å²) in [5, 5.41) is 7.89. The highest BCUT2D eigenvalue weighted by Crippen LogP contribution is 2.13. The second kappa shape index (κ2) is 7.24. The lowest BCUT2D eigenvalue weighted by Crippen LogP contribution is -2.27. The Morgan fingerprint density at radius 2 is 1.52 bits per heavy atom. The van der Waals surface area contributed by atoms with Crippen molar-refractivity contribution >= 4 is 17.3 Å². The Kier molecular flexibility index (Phi) is 5.10. The van der Waals surface area contributed by atoms with Crippen LogP contribution >= 0.6 is 0 Å². The fourth-order valence-corrected chi connectivity index (χ4v) is 1.89. The Balaban J connectivity index is 2.10. The summed E-state index contributed by atoms with van der Waals surface area (Å²) in [6, 6.07) is 17.3. The van der Waals surface area contributed by atoms with E-state index in [1.165, 1.54) is 6.92 Å². The van der Waals surface area contributed by atoms with Crippen molar-refractivity contribution in [2.45, 2.75) is 19.4 Å². The maximum atomic E-state index is 12.2. The van der Waals surface area contributed by atoms with E-state index in [4.69, 9.17) is 0 Å². The molecule has 0 aliphatic heterocycles. The number of hydrogen-bond donors (Lipinski definition) is 0. The maximum absolute atomic E-state index is 12.2. The first kappa shape index (κ1) is 14.8. The molecule has 0 aromatic heterocycles. The molecular formula is C17H16N2O2. The van der Waals surface area contributed by atoms with Gasteiger partial charge in [-0.25, -0.2) is 0 Å². The number of carbonyl (C=O) groups excluding carboxylic acids is 2. The van der Waals surface area contributed by atoms with E-state index in [0.717, 1.165) is 5.56 Å². The molecule has 0 aliphatic rings. The van der Waals surface area contributed by atoms with Crippen LogP contribution in [0.25, 0.3) is 0 Å². The molecule has 4 nitrogen and oxygen atoms in total. The van der Waals surface area contributed by atoms with Gasteiger partial charge in [0.2, 0.25) is 0 Å². The first-order chi connectivity index (χ1) is 10.2. The highest BCUT2D eigenvalue weighted by Gasteiger charge is 2.22. The highest BCUT2D eigenvalue weighted by molar-refractivity contribution is 6.06. The minimum Gasteiger partial charge on any atom is -0.297 e. The normalized spacial score (nSPS) is 12.2. The average Bonchev–Trinajstić information content (AvgIpc) is 2.49. The topological polar surface area (TPSA) is 58.9 Å². The van der Waals surface area contributed by atoms with Crippen molar-refractivity contribution in [2.75, 3.05) is 0 Å². The lowest BCUT2D eigenvalue weighted by atomic mass is 10.0. The molecule has 0 amide bonds. The number of Topliss-reactive ketones (excluding diaryl/α,β-unsaturated/α-hetero) is 2. The maximum Gasteiger partial charge on any atom is 0.187 e. The number of ketones is 2. The van der Waals surface area contributed by atoms with Crippen molar-refractivity contribution in [3.8, 4) is 0 Å². The van der Waals surface area contributed by atoms with Gasteiger partial charge in [0.15, 0.2) is 17.6 Å². The average molecular weight is 280 g/mol. The summed E-state index contributed by atoms with van der Waals surface area (Å²) in [7, 11) is 0. The zero-order valence-corrected chi connectivity index (χ0v) is 11.8. The molecule has 0 saturated heterocycles. The van der Waals surface area contributed by atoms with Crippen molar-refractivity contribution in [2.24, 2.45) is 10.2 Å². The van der Waals surface area contributed by atoms with Gasteiger partial charge < -0.3 is 0 Å². The minimum absolute atomic E-state index is 0.179. The van der Waals surface area contributed by atoms with E-state index in [2.05, 4.69) is 10.2 Å². The molecule has 0 radical (unpaired) electrons. The van der Waals surface area contributed by atoms with Crippen molar-refractivity contribution in [3.05, 3.63) is 66.2 Å². The molecule has 2 rings (SSSR count). The Bertz CT molecular complexity index is 636. The Morgan fingerprint density at radius 1 is 0.952 bits per heavy atom. The molecule has 1 unspecified atom stereocenters. The zero-order valence-electron chi connectivity index (χ0n) is 11.8. The van der Waals surface area contributed by atoms with Gasteiger partial charge in [-0.15, -0.1) is 0 Å². The molecule has 0 fully saturated rings. The fourth-order valence-electron chi connectivity index (χ4n) is 1.89. The number of azo groups is 1. The molecule has 0 heterocycles. The smallest absolute Gasteiger partial charge is 0.187 e. The van der Waals surface area contributed by atoms with E-state index in [-0.39, 0.29) is 18.0 Å². The number of carbonyl (C=O) groups is 2. The molecule has 0 bridgehead atoms. The van der Waals surface area contributed by atoms with Crippen LogP contribution in [0, 0.1) is 0 Å². The molecule has 2 aromatic rings. The molecule has 21 heavy (non-hydrogen) atoms. The number of benzene rings is 2. The molecule has 4 heteroatoms. The van der Waals surface area contributed by atoms with Crippen LogP contribution in [0.3, 0.4) is 0 Å². The van der Waals surface area contributed by atoms with Crippen molar-refractivity contribution in [1.82, 2.24) is 0 Å². The van der Waals surface area contributed by atoms with Crippen molar-refractivity contribution in [3.63, 3.8) is 0 Å². The van der Waals surface area contributed by atoms with E-state index < -0.39 is 6.04 Å². The van der Waals surface area contributed by atoms with Gasteiger partial charge in [-0.1, -0.05) is 48.5 Å². The summed E-state index contributed by atoms with van der Waals surface area (Å²) < 4.78 is 0. The van der Waals surface area contributed by atoms with E-state index in [0.29, 0.717) is 5.69 Å². The van der Waals surface area contributed by atoms with Crippen LogP contribution in [0.1, 0.15) is 12.5 Å². The first-order valence-corrected chi connectivity index (χ1v) is 6.70. The third kappa shape index (κ3) is 4.45. The summed E-state index contributed by atoms with van der Waals surface area (Å²) in [6.07, 6.45) is 0.179. The summed E-state index contributed by atoms with van der Waals surface area (Å²) in [5.74, 6) is -0.538. The minimum atomic E-state index is -1.04. The SMILES string of the molecule is CC(=O)C(N=Nc1ccccc1)C(=O)Cc1ccccc1. The number of nitrogens with zero attached hydrogens (tertiary/aromatic N) is 2. The van der Waals surface area contributed by atoms with Crippen LogP contribution in [0.5, 0.6) is 0 Å². The summed E-state index contributed by atoms with van der Waals surface area (Å²) in [4.78, 5) is 23.8. The molecular weight excluding hydrogens is 264 g/mol. The molecule has 0 N–H and O–H groups in total. The van der Waals surface area contributed by atoms with Crippen LogP contribution in [-0.2, 0) is 16.0 Å². The van der Waals surface area contributed by atoms with E-state index >= 15 is 0 Å². The Hall–Kier alpha value is -2.62. The number of hydrogen-bond acceptors (Lipinski definition) is 4. The standard InChI is InChI=1S/C17H16N2O2/c1-13(20)17(19-18-15-10-6-3-7-11-15)16(21)12-14-8-4-2-5-9-14/h2-11,17H,12H2,1H3. The van der Waals surface area contributed by atoms with E-state index in [1.807, 2.05) is 48.5 Å². The van der Waals surface area contributed by atoms with Gasteiger partial charge in [0.05, 0.1) is 5.69 Å². The van der Waals surface area contributed by atoms with E-state index in [9.17, 15) is 9.59 Å². The quantitative estimate of drug-likeness (QED) is 0.600. The third-order valence-electron chi connectivity index (χ3n) is 2.96. The fraction of sp³-hybridized carbons (Fsp3) is 0.176. The van der Waals surface area contributed by atoms with Gasteiger partial charge in [0.1, 0.15) is 0 Å². The first-order valence-electron chi connectivity index (χ1n) is 6.70. The van der Waals surface area contributed by atoms with E-state index in [1.54, 1.807) is 12.1 Å². The second-order valence-electron chi connectivity index (χ2n) is 4.69. The van der Waals surface area contributed by atoms with Crippen LogP contribution in [0.2, 0.25) is 0 Å². The molecule has 0 saturated carbocycles. The predicted octanol–water partition coefficient (Wildman–Crippen LogP) is 3.54. The van der Waals surface area contributed by atoms with Gasteiger partial charge in [0.25, 0.3) is 0 Å². The lowest BCUT2D eigenvalue weighted by Gasteiger charge is -2.06. The highest BCUT2D eigenvalue weighted by atomic mass is 16.2. The zero-order chi connectivity index (χ0) is 15.1. The predicted molar refractivity (Wildman–Crippen MR) is 80.6 cm³/mol. The third-order valence-corrected chi connectivity index (χ3v) is 2.96. The molecule has 1 atom stereocenters. The van der Waals surface area contributed by atoms with Crippen molar-refractivity contribution in [1.29, 1.82) is 0 Å². The Morgan fingerprint density at radius 3 is 2.10 bits per heavy atom. The lowest BCUT2D eigenvalue weighted by molar-refractivity contribution is -0.127. The monoisotopic (exact) mass is 280 g/mol. The number of rotatable bonds is 6. The van der Waals surface area contributed by atoms with Gasteiger partial charge in [0, 0.05) is 6.42 Å². The van der Waals surface area contributed by atoms with Gasteiger partial charge in [-0.05, 0) is 24.6 Å². The largest absolute Gasteiger partial charge is 0.297 e.